The lowest BCUT2D eigenvalue weighted by atomic mass is 10.2. The maximum absolute atomic E-state index is 13.0. The van der Waals surface area contributed by atoms with E-state index in [2.05, 4.69) is 4.98 Å². The molecular formula is C16H13FN2O2. The number of hydrogen-bond acceptors (Lipinski definition) is 4. The maximum atomic E-state index is 13.0. The van der Waals surface area contributed by atoms with Crippen molar-refractivity contribution in [3.63, 3.8) is 0 Å². The molecule has 0 spiro atoms. The molecule has 0 unspecified atom stereocenters. The van der Waals surface area contributed by atoms with Crippen molar-refractivity contribution in [3.05, 3.63) is 64.6 Å². The van der Waals surface area contributed by atoms with Gasteiger partial charge in [-0.1, -0.05) is 0 Å². The standard InChI is InChI=1S/C16H13FN2O2/c1-10-18-15-8-7-13(9-14(15)16(20)21-10)19(2)12-5-3-11(17)4-6-12/h3-9H,1-2H3. The van der Waals surface area contributed by atoms with Crippen molar-refractivity contribution >= 4 is 22.3 Å². The van der Waals surface area contributed by atoms with Crippen LogP contribution in [-0.4, -0.2) is 12.0 Å². The summed E-state index contributed by atoms with van der Waals surface area (Å²) in [6.45, 7) is 1.64. The first kappa shape index (κ1) is 13.3. The van der Waals surface area contributed by atoms with Gasteiger partial charge in [0, 0.05) is 25.3 Å². The second-order valence-electron chi connectivity index (χ2n) is 4.76. The molecule has 3 rings (SSSR count). The van der Waals surface area contributed by atoms with Gasteiger partial charge in [-0.3, -0.25) is 0 Å². The van der Waals surface area contributed by atoms with Crippen LogP contribution in [-0.2, 0) is 0 Å². The van der Waals surface area contributed by atoms with Crippen LogP contribution in [0.15, 0.2) is 51.7 Å². The number of nitrogens with zero attached hydrogens (tertiary/aromatic N) is 2. The molecule has 0 aliphatic carbocycles. The predicted octanol–water partition coefficient (Wildman–Crippen LogP) is 3.40. The number of halogens is 1. The molecule has 0 bridgehead atoms. The summed E-state index contributed by atoms with van der Waals surface area (Å²) in [5.41, 5.74) is 1.80. The van der Waals surface area contributed by atoms with Crippen LogP contribution in [0.4, 0.5) is 15.8 Å². The molecule has 0 saturated heterocycles. The Morgan fingerprint density at radius 2 is 1.76 bits per heavy atom. The molecule has 106 valence electrons. The fourth-order valence-corrected chi connectivity index (χ4v) is 2.19. The number of hydrogen-bond donors (Lipinski definition) is 0. The molecule has 3 aromatic rings. The minimum absolute atomic E-state index is 0.286. The molecule has 0 fully saturated rings. The van der Waals surface area contributed by atoms with E-state index < -0.39 is 5.63 Å². The summed E-state index contributed by atoms with van der Waals surface area (Å²) in [5, 5.41) is 0.423. The van der Waals surface area contributed by atoms with E-state index in [-0.39, 0.29) is 5.82 Å². The van der Waals surface area contributed by atoms with Crippen LogP contribution in [0.3, 0.4) is 0 Å². The molecule has 0 amide bonds. The van der Waals surface area contributed by atoms with Gasteiger partial charge in [0.15, 0.2) is 5.89 Å². The summed E-state index contributed by atoms with van der Waals surface area (Å²) in [7, 11) is 1.84. The van der Waals surface area contributed by atoms with Crippen LogP contribution >= 0.6 is 0 Å². The van der Waals surface area contributed by atoms with Gasteiger partial charge in [-0.15, -0.1) is 0 Å². The zero-order valence-corrected chi connectivity index (χ0v) is 11.6. The molecular weight excluding hydrogens is 271 g/mol. The van der Waals surface area contributed by atoms with E-state index >= 15 is 0 Å². The molecule has 21 heavy (non-hydrogen) atoms. The van der Waals surface area contributed by atoms with Crippen molar-refractivity contribution in [2.75, 3.05) is 11.9 Å². The third-order valence-corrected chi connectivity index (χ3v) is 3.32. The highest BCUT2D eigenvalue weighted by atomic mass is 19.1. The molecule has 0 N–H and O–H groups in total. The number of aromatic nitrogens is 1. The van der Waals surface area contributed by atoms with Gasteiger partial charge in [0.2, 0.25) is 0 Å². The molecule has 2 aromatic carbocycles. The van der Waals surface area contributed by atoms with Crippen LogP contribution < -0.4 is 10.5 Å². The van der Waals surface area contributed by atoms with Crippen LogP contribution in [0, 0.1) is 12.7 Å². The lowest BCUT2D eigenvalue weighted by Crippen LogP contribution is -2.11. The van der Waals surface area contributed by atoms with E-state index in [4.69, 9.17) is 4.42 Å². The number of benzene rings is 2. The third-order valence-electron chi connectivity index (χ3n) is 3.32. The largest absolute Gasteiger partial charge is 0.408 e. The smallest absolute Gasteiger partial charge is 0.346 e. The first-order chi connectivity index (χ1) is 10.0. The van der Waals surface area contributed by atoms with Crippen LogP contribution in [0.5, 0.6) is 0 Å². The van der Waals surface area contributed by atoms with Crippen molar-refractivity contribution in [2.45, 2.75) is 6.92 Å². The number of anilines is 2. The Bertz CT molecular complexity index is 856. The lowest BCUT2D eigenvalue weighted by molar-refractivity contribution is 0.467. The Morgan fingerprint density at radius 1 is 1.10 bits per heavy atom. The average Bonchev–Trinajstić information content (AvgIpc) is 2.47. The molecule has 1 aromatic heterocycles. The zero-order chi connectivity index (χ0) is 15.0. The highest BCUT2D eigenvalue weighted by Crippen LogP contribution is 2.25. The maximum Gasteiger partial charge on any atom is 0.346 e. The van der Waals surface area contributed by atoms with Crippen molar-refractivity contribution < 1.29 is 8.81 Å². The van der Waals surface area contributed by atoms with Gasteiger partial charge >= 0.3 is 5.63 Å². The fourth-order valence-electron chi connectivity index (χ4n) is 2.19. The van der Waals surface area contributed by atoms with Crippen molar-refractivity contribution in [1.82, 2.24) is 4.98 Å². The Labute approximate surface area is 120 Å². The van der Waals surface area contributed by atoms with Crippen LogP contribution in [0.25, 0.3) is 10.9 Å². The van der Waals surface area contributed by atoms with Gasteiger partial charge in [-0.25, -0.2) is 14.2 Å². The molecule has 0 aliphatic heterocycles. The molecule has 0 saturated carbocycles. The molecule has 0 aliphatic rings. The van der Waals surface area contributed by atoms with Gasteiger partial charge < -0.3 is 9.32 Å². The molecule has 5 heteroatoms. The highest BCUT2D eigenvalue weighted by molar-refractivity contribution is 5.82. The first-order valence-corrected chi connectivity index (χ1v) is 6.45. The number of fused-ring (bicyclic) bond motifs is 1. The topological polar surface area (TPSA) is 46.3 Å². The highest BCUT2D eigenvalue weighted by Gasteiger charge is 2.09. The molecule has 0 radical (unpaired) electrons. The average molecular weight is 284 g/mol. The quantitative estimate of drug-likeness (QED) is 0.723. The summed E-state index contributed by atoms with van der Waals surface area (Å²) in [6.07, 6.45) is 0. The van der Waals surface area contributed by atoms with Gasteiger partial charge in [0.1, 0.15) is 5.82 Å². The van der Waals surface area contributed by atoms with Gasteiger partial charge in [-0.05, 0) is 42.5 Å². The monoisotopic (exact) mass is 284 g/mol. The summed E-state index contributed by atoms with van der Waals surface area (Å²) < 4.78 is 18.0. The second kappa shape index (κ2) is 5.01. The first-order valence-electron chi connectivity index (χ1n) is 6.45. The normalized spacial score (nSPS) is 10.8. The van der Waals surface area contributed by atoms with Crippen LogP contribution in [0.2, 0.25) is 0 Å². The van der Waals surface area contributed by atoms with Crippen molar-refractivity contribution in [3.8, 4) is 0 Å². The Kier molecular flexibility index (Phi) is 3.17. The molecule has 4 nitrogen and oxygen atoms in total. The fraction of sp³-hybridized carbons (Fsp3) is 0.125. The molecule has 0 atom stereocenters. The minimum atomic E-state index is -0.410. The summed E-state index contributed by atoms with van der Waals surface area (Å²) in [6, 6.07) is 11.5. The zero-order valence-electron chi connectivity index (χ0n) is 11.6. The van der Waals surface area contributed by atoms with E-state index in [0.717, 1.165) is 11.4 Å². The third kappa shape index (κ3) is 2.50. The number of rotatable bonds is 2. The van der Waals surface area contributed by atoms with Crippen molar-refractivity contribution in [2.24, 2.45) is 0 Å². The Morgan fingerprint density at radius 3 is 2.48 bits per heavy atom. The molecule has 1 heterocycles. The lowest BCUT2D eigenvalue weighted by Gasteiger charge is -2.19. The van der Waals surface area contributed by atoms with E-state index in [0.29, 0.717) is 16.8 Å². The summed E-state index contributed by atoms with van der Waals surface area (Å²) in [4.78, 5) is 17.9. The van der Waals surface area contributed by atoms with E-state index in [9.17, 15) is 9.18 Å². The van der Waals surface area contributed by atoms with Gasteiger partial charge in [0.25, 0.3) is 0 Å². The second-order valence-corrected chi connectivity index (χ2v) is 4.76. The number of aryl methyl sites for hydroxylation is 1. The SMILES string of the molecule is Cc1nc2ccc(N(C)c3ccc(F)cc3)cc2c(=O)o1. The minimum Gasteiger partial charge on any atom is -0.408 e. The summed E-state index contributed by atoms with van der Waals surface area (Å²) >= 11 is 0. The van der Waals surface area contributed by atoms with E-state index in [1.165, 1.54) is 12.1 Å². The predicted molar refractivity (Wildman–Crippen MR) is 79.5 cm³/mol. The van der Waals surface area contributed by atoms with Crippen LogP contribution in [0.1, 0.15) is 5.89 Å². The van der Waals surface area contributed by atoms with Crippen molar-refractivity contribution in [1.29, 1.82) is 0 Å². The summed E-state index contributed by atoms with van der Waals surface area (Å²) in [5.74, 6) is 0.0538. The van der Waals surface area contributed by atoms with Gasteiger partial charge in [0.05, 0.1) is 10.9 Å². The van der Waals surface area contributed by atoms with E-state index in [1.54, 1.807) is 31.2 Å². The Hall–Kier alpha value is -2.69. The van der Waals surface area contributed by atoms with E-state index in [1.807, 2.05) is 18.0 Å². The Balaban J connectivity index is 2.08. The van der Waals surface area contributed by atoms with Gasteiger partial charge in [-0.2, -0.15) is 0 Å².